The van der Waals surface area contributed by atoms with Crippen LogP contribution in [0.4, 0.5) is 0 Å². The molecule has 9 nitrogen and oxygen atoms in total. The number of hydrogen-bond donors (Lipinski definition) is 3. The van der Waals surface area contributed by atoms with Gasteiger partial charge in [0.25, 0.3) is 5.91 Å². The summed E-state index contributed by atoms with van der Waals surface area (Å²) in [7, 11) is 0. The predicted octanol–water partition coefficient (Wildman–Crippen LogP) is 5.16. The largest absolute Gasteiger partial charge is 0.494 e. The quantitative estimate of drug-likeness (QED) is 0.167. The van der Waals surface area contributed by atoms with Crippen LogP contribution < -0.4 is 15.6 Å². The lowest BCUT2D eigenvalue weighted by Crippen LogP contribution is -2.53. The van der Waals surface area contributed by atoms with Gasteiger partial charge in [-0.25, -0.2) is 10.4 Å². The van der Waals surface area contributed by atoms with Gasteiger partial charge in [-0.2, -0.15) is 0 Å². The van der Waals surface area contributed by atoms with Crippen LogP contribution in [0.15, 0.2) is 47.5 Å². The number of rotatable bonds is 13. The highest BCUT2D eigenvalue weighted by Gasteiger charge is 2.54. The van der Waals surface area contributed by atoms with E-state index in [2.05, 4.69) is 10.9 Å². The van der Waals surface area contributed by atoms with Crippen molar-refractivity contribution < 1.29 is 28.9 Å². The lowest BCUT2D eigenvalue weighted by atomic mass is 9.83. The van der Waals surface area contributed by atoms with Gasteiger partial charge in [0.2, 0.25) is 5.90 Å². The first-order chi connectivity index (χ1) is 19.0. The number of halogens is 2. The normalized spacial score (nSPS) is 18.6. The van der Waals surface area contributed by atoms with Crippen LogP contribution in [-0.2, 0) is 19.1 Å². The number of ether oxygens (including phenoxy) is 3. The summed E-state index contributed by atoms with van der Waals surface area (Å²) in [5, 5.41) is 9.72. The Kier molecular flexibility index (Phi) is 11.2. The van der Waals surface area contributed by atoms with E-state index in [4.69, 9.17) is 47.5 Å². The maximum Gasteiger partial charge on any atom is 0.306 e. The SMILES string of the molecule is CCCNNC(=O)[C@@]1(CCC(=O)OC(C)(C)C)N=C(c2ccc(OCCCO)cc2)O[C@H]1c1ccc(Cl)cc1Cl. The Hall–Kier alpha value is -2.85. The molecule has 1 aliphatic rings. The van der Waals surface area contributed by atoms with E-state index in [1.54, 1.807) is 63.2 Å². The average Bonchev–Trinajstić information content (AvgIpc) is 3.28. The molecule has 2 aromatic carbocycles. The van der Waals surface area contributed by atoms with Gasteiger partial charge in [0.1, 0.15) is 11.4 Å². The molecule has 2 aromatic rings. The number of carbonyl (C=O) groups is 2. The Balaban J connectivity index is 2.04. The maximum atomic E-state index is 13.9. The Labute approximate surface area is 245 Å². The first kappa shape index (κ1) is 31.7. The van der Waals surface area contributed by atoms with Gasteiger partial charge in [0.15, 0.2) is 11.6 Å². The predicted molar refractivity (Wildman–Crippen MR) is 155 cm³/mol. The molecule has 0 fully saturated rings. The fourth-order valence-electron chi connectivity index (χ4n) is 4.12. The van der Waals surface area contributed by atoms with E-state index < -0.39 is 29.1 Å². The number of amides is 1. The first-order valence-corrected chi connectivity index (χ1v) is 14.1. The molecule has 1 amide bonds. The average molecular weight is 595 g/mol. The summed E-state index contributed by atoms with van der Waals surface area (Å²) < 4.78 is 17.5. The van der Waals surface area contributed by atoms with Crippen molar-refractivity contribution in [1.29, 1.82) is 0 Å². The summed E-state index contributed by atoms with van der Waals surface area (Å²) in [5.74, 6) is -0.104. The van der Waals surface area contributed by atoms with Crippen LogP contribution in [0.3, 0.4) is 0 Å². The van der Waals surface area contributed by atoms with E-state index in [0.29, 0.717) is 46.5 Å². The fraction of sp³-hybridized carbons (Fsp3) is 0.483. The highest BCUT2D eigenvalue weighted by molar-refractivity contribution is 6.35. The second kappa shape index (κ2) is 14.2. The molecule has 11 heteroatoms. The van der Waals surface area contributed by atoms with Gasteiger partial charge in [-0.15, -0.1) is 0 Å². The van der Waals surface area contributed by atoms with Crippen molar-refractivity contribution in [2.45, 2.75) is 70.6 Å². The Morgan fingerprint density at radius 1 is 1.15 bits per heavy atom. The molecule has 0 aliphatic carbocycles. The van der Waals surface area contributed by atoms with E-state index in [0.717, 1.165) is 6.42 Å². The number of nitrogens with zero attached hydrogens (tertiary/aromatic N) is 1. The van der Waals surface area contributed by atoms with E-state index in [1.165, 1.54) is 0 Å². The Morgan fingerprint density at radius 3 is 2.50 bits per heavy atom. The smallest absolute Gasteiger partial charge is 0.306 e. The van der Waals surface area contributed by atoms with Gasteiger partial charge in [-0.05, 0) is 70.0 Å². The molecule has 1 aliphatic heterocycles. The molecule has 2 atom stereocenters. The van der Waals surface area contributed by atoms with Crippen LogP contribution in [-0.4, -0.2) is 53.8 Å². The van der Waals surface area contributed by atoms with Crippen molar-refractivity contribution in [3.05, 3.63) is 63.6 Å². The number of hydrogen-bond acceptors (Lipinski definition) is 8. The van der Waals surface area contributed by atoms with Gasteiger partial charge in [0, 0.05) is 47.2 Å². The second-order valence-corrected chi connectivity index (χ2v) is 11.3. The molecule has 0 unspecified atom stereocenters. The number of aliphatic hydroxyl groups is 1. The topological polar surface area (TPSA) is 118 Å². The Bertz CT molecular complexity index is 1200. The van der Waals surface area contributed by atoms with Crippen LogP contribution in [0.25, 0.3) is 0 Å². The minimum atomic E-state index is -1.55. The van der Waals surface area contributed by atoms with Crippen molar-refractivity contribution in [3.63, 3.8) is 0 Å². The molecule has 3 rings (SSSR count). The zero-order chi connectivity index (χ0) is 29.3. The number of esters is 1. The molecule has 3 N–H and O–H groups in total. The summed E-state index contributed by atoms with van der Waals surface area (Å²) in [6.07, 6.45) is 0.255. The van der Waals surface area contributed by atoms with Gasteiger partial charge >= 0.3 is 5.97 Å². The zero-order valence-electron chi connectivity index (χ0n) is 23.3. The summed E-state index contributed by atoms with van der Waals surface area (Å²) in [5.41, 5.74) is 4.53. The van der Waals surface area contributed by atoms with Gasteiger partial charge in [0.05, 0.1) is 6.61 Å². The standard InChI is InChI=1S/C29H37Cl2N3O6/c1-5-15-32-34-27(37)29(14-13-24(36)40-28(2,3)4)25(22-12-9-20(30)18-23(22)31)39-26(33-29)19-7-10-21(11-8-19)38-17-6-16-35/h7-12,18,25,32,35H,5-6,13-17H2,1-4H3,(H,34,37)/t25-,29-/m0/s1. The highest BCUT2D eigenvalue weighted by Crippen LogP contribution is 2.45. The van der Waals surface area contributed by atoms with Gasteiger partial charge in [-0.1, -0.05) is 36.2 Å². The minimum absolute atomic E-state index is 0.00295. The monoisotopic (exact) mass is 593 g/mol. The lowest BCUT2D eigenvalue weighted by molar-refractivity contribution is -0.155. The van der Waals surface area contributed by atoms with E-state index in [1.807, 2.05) is 6.92 Å². The van der Waals surface area contributed by atoms with Crippen LogP contribution in [0.1, 0.15) is 70.6 Å². The molecular formula is C29H37Cl2N3O6. The molecule has 1 heterocycles. The summed E-state index contributed by atoms with van der Waals surface area (Å²) in [6.45, 7) is 8.27. The second-order valence-electron chi connectivity index (χ2n) is 10.4. The summed E-state index contributed by atoms with van der Waals surface area (Å²) in [6, 6.07) is 12.0. The van der Waals surface area contributed by atoms with Crippen molar-refractivity contribution in [2.24, 2.45) is 4.99 Å². The Morgan fingerprint density at radius 2 is 1.88 bits per heavy atom. The maximum absolute atomic E-state index is 13.9. The zero-order valence-corrected chi connectivity index (χ0v) is 24.8. The minimum Gasteiger partial charge on any atom is -0.494 e. The van der Waals surface area contributed by atoms with Crippen molar-refractivity contribution in [1.82, 2.24) is 10.9 Å². The fourth-order valence-corrected chi connectivity index (χ4v) is 4.63. The molecular weight excluding hydrogens is 557 g/mol. The third-order valence-corrected chi connectivity index (χ3v) is 6.54. The molecule has 0 saturated carbocycles. The molecule has 218 valence electrons. The van der Waals surface area contributed by atoms with Crippen LogP contribution in [0, 0.1) is 0 Å². The van der Waals surface area contributed by atoms with E-state index in [-0.39, 0.29) is 25.3 Å². The molecule has 0 saturated heterocycles. The number of benzene rings is 2. The molecule has 0 aromatic heterocycles. The van der Waals surface area contributed by atoms with E-state index >= 15 is 0 Å². The first-order valence-electron chi connectivity index (χ1n) is 13.3. The van der Waals surface area contributed by atoms with Crippen LogP contribution in [0.5, 0.6) is 5.75 Å². The van der Waals surface area contributed by atoms with Crippen molar-refractivity contribution in [3.8, 4) is 5.75 Å². The van der Waals surface area contributed by atoms with Crippen LogP contribution in [0.2, 0.25) is 10.0 Å². The third-order valence-electron chi connectivity index (χ3n) is 5.98. The van der Waals surface area contributed by atoms with Crippen molar-refractivity contribution in [2.75, 3.05) is 19.8 Å². The number of aliphatic imine (C=N–C) groups is 1. The molecule has 40 heavy (non-hydrogen) atoms. The molecule has 0 bridgehead atoms. The van der Waals surface area contributed by atoms with Crippen LogP contribution >= 0.6 is 23.2 Å². The summed E-state index contributed by atoms with van der Waals surface area (Å²) >= 11 is 12.8. The number of nitrogens with one attached hydrogen (secondary N) is 2. The highest BCUT2D eigenvalue weighted by atomic mass is 35.5. The van der Waals surface area contributed by atoms with Gasteiger partial charge < -0.3 is 19.3 Å². The molecule has 0 spiro atoms. The number of aliphatic hydroxyl groups excluding tert-OH is 1. The number of carbonyl (C=O) groups excluding carboxylic acids is 2. The lowest BCUT2D eigenvalue weighted by Gasteiger charge is -2.31. The molecule has 0 radical (unpaired) electrons. The third kappa shape index (κ3) is 8.33. The van der Waals surface area contributed by atoms with Gasteiger partial charge in [-0.3, -0.25) is 15.0 Å². The van der Waals surface area contributed by atoms with Crippen molar-refractivity contribution >= 4 is 41.0 Å². The summed E-state index contributed by atoms with van der Waals surface area (Å²) in [4.78, 5) is 31.5. The van der Waals surface area contributed by atoms with E-state index in [9.17, 15) is 9.59 Å². The number of hydrazine groups is 1.